The quantitative estimate of drug-likeness (QED) is 0.706. The van der Waals surface area contributed by atoms with Crippen molar-refractivity contribution in [2.45, 2.75) is 6.54 Å². The van der Waals surface area contributed by atoms with Crippen molar-refractivity contribution in [1.29, 1.82) is 0 Å². The van der Waals surface area contributed by atoms with E-state index in [9.17, 15) is 0 Å². The van der Waals surface area contributed by atoms with Gasteiger partial charge in [0.2, 0.25) is 0 Å². The molecule has 2 nitrogen and oxygen atoms in total. The molecule has 0 aliphatic rings. The van der Waals surface area contributed by atoms with Crippen LogP contribution in [0.5, 0.6) is 0 Å². The van der Waals surface area contributed by atoms with Crippen LogP contribution in [-0.2, 0) is 6.54 Å². The molecular formula is C13H8Cl4N2. The lowest BCUT2D eigenvalue weighted by atomic mass is 10.2. The molecule has 1 aromatic heterocycles. The Hall–Kier alpha value is -0.800. The molecule has 0 saturated carbocycles. The van der Waals surface area contributed by atoms with Gasteiger partial charge in [0.1, 0.15) is 5.17 Å². The number of aliphatic imine (C=N–C) groups is 1. The van der Waals surface area contributed by atoms with Gasteiger partial charge in [-0.3, -0.25) is 9.98 Å². The summed E-state index contributed by atoms with van der Waals surface area (Å²) in [5.74, 6) is 0. The number of hydrogen-bond acceptors (Lipinski definition) is 2. The SMILES string of the molecule is ClC(=NCc1c(Cl)cc(Cl)cc1Cl)c1ccncc1. The first-order valence-electron chi connectivity index (χ1n) is 5.31. The van der Waals surface area contributed by atoms with Crippen molar-refractivity contribution >= 4 is 51.6 Å². The summed E-state index contributed by atoms with van der Waals surface area (Å²) < 4.78 is 0. The summed E-state index contributed by atoms with van der Waals surface area (Å²) in [6.07, 6.45) is 3.30. The molecule has 1 heterocycles. The second kappa shape index (κ2) is 6.58. The van der Waals surface area contributed by atoms with Crippen molar-refractivity contribution in [3.8, 4) is 0 Å². The van der Waals surface area contributed by atoms with Gasteiger partial charge in [-0.1, -0.05) is 46.4 Å². The molecule has 0 N–H and O–H groups in total. The third kappa shape index (κ3) is 3.83. The van der Waals surface area contributed by atoms with E-state index in [0.29, 0.717) is 25.8 Å². The van der Waals surface area contributed by atoms with Crippen LogP contribution in [0.4, 0.5) is 0 Å². The Kier molecular flexibility index (Phi) is 5.06. The van der Waals surface area contributed by atoms with Crippen molar-refractivity contribution in [2.75, 3.05) is 0 Å². The Morgan fingerprint density at radius 1 is 1.05 bits per heavy atom. The Morgan fingerprint density at radius 2 is 1.63 bits per heavy atom. The standard InChI is InChI=1S/C13H8Cl4N2/c14-9-5-11(15)10(12(16)6-9)7-19-13(17)8-1-3-18-4-2-8/h1-6H,7H2. The number of rotatable bonds is 3. The van der Waals surface area contributed by atoms with Crippen LogP contribution in [0.1, 0.15) is 11.1 Å². The van der Waals surface area contributed by atoms with Crippen LogP contribution in [0.15, 0.2) is 41.7 Å². The molecule has 19 heavy (non-hydrogen) atoms. The Balaban J connectivity index is 2.23. The van der Waals surface area contributed by atoms with E-state index in [1.165, 1.54) is 0 Å². The van der Waals surface area contributed by atoms with Gasteiger partial charge in [0.15, 0.2) is 0 Å². The maximum atomic E-state index is 6.10. The fourth-order valence-electron chi connectivity index (χ4n) is 1.45. The zero-order chi connectivity index (χ0) is 13.8. The summed E-state index contributed by atoms with van der Waals surface area (Å²) in [6.45, 7) is 0.288. The molecule has 0 bridgehead atoms. The van der Waals surface area contributed by atoms with Gasteiger partial charge in [0.25, 0.3) is 0 Å². The first-order valence-corrected chi connectivity index (χ1v) is 6.83. The molecular weight excluding hydrogens is 326 g/mol. The van der Waals surface area contributed by atoms with E-state index in [1.807, 2.05) is 0 Å². The maximum absolute atomic E-state index is 6.10. The largest absolute Gasteiger partial charge is 0.268 e. The minimum atomic E-state index is 0.288. The minimum Gasteiger partial charge on any atom is -0.268 e. The number of benzene rings is 1. The van der Waals surface area contributed by atoms with Crippen molar-refractivity contribution in [3.63, 3.8) is 0 Å². The average Bonchev–Trinajstić information content (AvgIpc) is 2.38. The second-order valence-electron chi connectivity index (χ2n) is 3.69. The summed E-state index contributed by atoms with van der Waals surface area (Å²) in [5, 5.41) is 1.81. The van der Waals surface area contributed by atoms with E-state index in [1.54, 1.807) is 36.7 Å². The molecule has 2 aromatic rings. The van der Waals surface area contributed by atoms with Gasteiger partial charge in [0, 0.05) is 38.6 Å². The molecule has 0 aliphatic heterocycles. The first-order chi connectivity index (χ1) is 9.08. The van der Waals surface area contributed by atoms with Crippen LogP contribution in [0, 0.1) is 0 Å². The second-order valence-corrected chi connectivity index (χ2v) is 5.30. The predicted octanol–water partition coefficient (Wildman–Crippen LogP) is 5.23. The lowest BCUT2D eigenvalue weighted by Gasteiger charge is -2.05. The van der Waals surface area contributed by atoms with E-state index >= 15 is 0 Å². The van der Waals surface area contributed by atoms with E-state index in [0.717, 1.165) is 5.56 Å². The van der Waals surface area contributed by atoms with Gasteiger partial charge in [0.05, 0.1) is 6.54 Å². The Morgan fingerprint density at radius 3 is 2.21 bits per heavy atom. The third-order valence-corrected chi connectivity index (χ3v) is 3.63. The zero-order valence-electron chi connectivity index (χ0n) is 9.58. The van der Waals surface area contributed by atoms with Gasteiger partial charge in [-0.15, -0.1) is 0 Å². The molecule has 2 rings (SSSR count). The highest BCUT2D eigenvalue weighted by Gasteiger charge is 2.08. The fourth-order valence-corrected chi connectivity index (χ4v) is 2.57. The number of hydrogen-bond donors (Lipinski definition) is 0. The number of halogens is 4. The van der Waals surface area contributed by atoms with Crippen LogP contribution in [-0.4, -0.2) is 10.2 Å². The summed E-state index contributed by atoms with van der Waals surface area (Å²) in [5.41, 5.74) is 1.48. The third-order valence-electron chi connectivity index (χ3n) is 2.40. The number of nitrogens with zero attached hydrogens (tertiary/aromatic N) is 2. The molecule has 1 aromatic carbocycles. The molecule has 0 amide bonds. The lowest BCUT2D eigenvalue weighted by Crippen LogP contribution is -1.94. The summed E-state index contributed by atoms with van der Waals surface area (Å²) in [7, 11) is 0. The van der Waals surface area contributed by atoms with Crippen molar-refractivity contribution in [2.24, 2.45) is 4.99 Å². The van der Waals surface area contributed by atoms with Crippen LogP contribution >= 0.6 is 46.4 Å². The molecule has 0 saturated heterocycles. The molecule has 0 fully saturated rings. The molecule has 98 valence electrons. The van der Waals surface area contributed by atoms with E-state index in [4.69, 9.17) is 46.4 Å². The van der Waals surface area contributed by atoms with E-state index in [-0.39, 0.29) is 6.54 Å². The van der Waals surface area contributed by atoms with Crippen LogP contribution < -0.4 is 0 Å². The summed E-state index contributed by atoms with van der Waals surface area (Å²) in [6, 6.07) is 6.80. The average molecular weight is 334 g/mol. The first kappa shape index (κ1) is 14.6. The van der Waals surface area contributed by atoms with Crippen molar-refractivity contribution < 1.29 is 0 Å². The highest BCUT2D eigenvalue weighted by atomic mass is 35.5. The molecule has 6 heteroatoms. The van der Waals surface area contributed by atoms with Crippen LogP contribution in [0.3, 0.4) is 0 Å². The number of pyridine rings is 1. The van der Waals surface area contributed by atoms with Crippen molar-refractivity contribution in [1.82, 2.24) is 4.98 Å². The van der Waals surface area contributed by atoms with Crippen LogP contribution in [0.2, 0.25) is 15.1 Å². The fraction of sp³-hybridized carbons (Fsp3) is 0.0769. The van der Waals surface area contributed by atoms with Gasteiger partial charge in [-0.2, -0.15) is 0 Å². The molecule has 0 atom stereocenters. The van der Waals surface area contributed by atoms with E-state index < -0.39 is 0 Å². The molecule has 0 aliphatic carbocycles. The van der Waals surface area contributed by atoms with Crippen molar-refractivity contribution in [3.05, 3.63) is 62.9 Å². The topological polar surface area (TPSA) is 25.2 Å². The number of aromatic nitrogens is 1. The van der Waals surface area contributed by atoms with E-state index in [2.05, 4.69) is 9.98 Å². The van der Waals surface area contributed by atoms with Gasteiger partial charge in [-0.05, 0) is 24.3 Å². The smallest absolute Gasteiger partial charge is 0.131 e. The minimum absolute atomic E-state index is 0.288. The lowest BCUT2D eigenvalue weighted by molar-refractivity contribution is 1.07. The highest BCUT2D eigenvalue weighted by Crippen LogP contribution is 2.29. The predicted molar refractivity (Wildman–Crippen MR) is 81.8 cm³/mol. The monoisotopic (exact) mass is 332 g/mol. The molecule has 0 spiro atoms. The zero-order valence-corrected chi connectivity index (χ0v) is 12.6. The van der Waals surface area contributed by atoms with Crippen LogP contribution in [0.25, 0.3) is 0 Å². The molecule has 0 unspecified atom stereocenters. The van der Waals surface area contributed by atoms with Gasteiger partial charge < -0.3 is 0 Å². The summed E-state index contributed by atoms with van der Waals surface area (Å²) in [4.78, 5) is 8.17. The maximum Gasteiger partial charge on any atom is 0.131 e. The Bertz CT molecular complexity index is 588. The highest BCUT2D eigenvalue weighted by molar-refractivity contribution is 6.69. The summed E-state index contributed by atoms with van der Waals surface area (Å²) >= 11 is 24.1. The molecule has 0 radical (unpaired) electrons. The van der Waals surface area contributed by atoms with Gasteiger partial charge >= 0.3 is 0 Å². The van der Waals surface area contributed by atoms with Gasteiger partial charge in [-0.25, -0.2) is 0 Å². The normalized spacial score (nSPS) is 11.7. The Labute approximate surface area is 131 Å².